The first-order chi connectivity index (χ1) is 14.9. The highest BCUT2D eigenvalue weighted by Gasteiger charge is 2.19. The summed E-state index contributed by atoms with van der Waals surface area (Å²) in [5.41, 5.74) is 3.41. The zero-order chi connectivity index (χ0) is 22.2. The van der Waals surface area contributed by atoms with E-state index in [1.165, 1.54) is 11.1 Å². The van der Waals surface area contributed by atoms with Crippen molar-refractivity contribution in [3.05, 3.63) is 45.4 Å². The van der Waals surface area contributed by atoms with E-state index in [1.54, 1.807) is 11.3 Å². The molecule has 1 aliphatic heterocycles. The molecule has 0 unspecified atom stereocenters. The molecule has 0 aliphatic carbocycles. The van der Waals surface area contributed by atoms with Crippen LogP contribution in [0.1, 0.15) is 42.1 Å². The zero-order valence-corrected chi connectivity index (χ0v) is 20.0. The standard InChI is InChI=1S/C24H35N3O3S/c1-18(2)13-24(28)27(8-7-26-9-11-29-12-10-26)15-21-17-31-23(25-21)16-30-22-6-5-19(3)20(4)14-22/h5-6,14,17-18H,7-13,15-16H2,1-4H3. The topological polar surface area (TPSA) is 54.9 Å². The van der Waals surface area contributed by atoms with Crippen molar-refractivity contribution in [2.75, 3.05) is 39.4 Å². The minimum atomic E-state index is 0.198. The van der Waals surface area contributed by atoms with Gasteiger partial charge in [0, 0.05) is 38.0 Å². The van der Waals surface area contributed by atoms with Gasteiger partial charge in [-0.25, -0.2) is 4.98 Å². The molecule has 0 radical (unpaired) electrons. The molecule has 0 N–H and O–H groups in total. The average molecular weight is 446 g/mol. The molecule has 31 heavy (non-hydrogen) atoms. The van der Waals surface area contributed by atoms with E-state index in [1.807, 2.05) is 16.3 Å². The van der Waals surface area contributed by atoms with Gasteiger partial charge in [0.05, 0.1) is 25.5 Å². The predicted octanol–water partition coefficient (Wildman–Crippen LogP) is 4.05. The SMILES string of the molecule is Cc1ccc(OCc2nc(CN(CCN3CCOCC3)C(=O)CC(C)C)cs2)cc1C. The second-order valence-electron chi connectivity index (χ2n) is 8.63. The number of hydrogen-bond acceptors (Lipinski definition) is 6. The Morgan fingerprint density at radius 1 is 1.26 bits per heavy atom. The molecule has 2 aromatic rings. The minimum absolute atomic E-state index is 0.198. The summed E-state index contributed by atoms with van der Waals surface area (Å²) in [6.45, 7) is 14.4. The summed E-state index contributed by atoms with van der Waals surface area (Å²) < 4.78 is 11.4. The van der Waals surface area contributed by atoms with Crippen LogP contribution in [0.5, 0.6) is 5.75 Å². The minimum Gasteiger partial charge on any atom is -0.486 e. The predicted molar refractivity (Wildman–Crippen MR) is 124 cm³/mol. The fourth-order valence-electron chi connectivity index (χ4n) is 3.49. The van der Waals surface area contributed by atoms with Crippen molar-refractivity contribution in [2.45, 2.75) is 47.3 Å². The van der Waals surface area contributed by atoms with Gasteiger partial charge in [0.15, 0.2) is 0 Å². The van der Waals surface area contributed by atoms with Gasteiger partial charge < -0.3 is 14.4 Å². The van der Waals surface area contributed by atoms with Gasteiger partial charge in [-0.1, -0.05) is 19.9 Å². The Bertz CT molecular complexity index is 846. The Kier molecular flexibility index (Phi) is 8.87. The Morgan fingerprint density at radius 2 is 2.03 bits per heavy atom. The van der Waals surface area contributed by atoms with Gasteiger partial charge >= 0.3 is 0 Å². The van der Waals surface area contributed by atoms with Crippen LogP contribution in [0.2, 0.25) is 0 Å². The lowest BCUT2D eigenvalue weighted by Gasteiger charge is -2.30. The van der Waals surface area contributed by atoms with E-state index in [2.05, 4.69) is 44.7 Å². The van der Waals surface area contributed by atoms with Crippen molar-refractivity contribution in [1.82, 2.24) is 14.8 Å². The fraction of sp³-hybridized carbons (Fsp3) is 0.583. The third kappa shape index (κ3) is 7.59. The van der Waals surface area contributed by atoms with E-state index >= 15 is 0 Å². The average Bonchev–Trinajstić information content (AvgIpc) is 3.19. The number of carbonyl (C=O) groups is 1. The number of amides is 1. The van der Waals surface area contributed by atoms with E-state index in [0.29, 0.717) is 25.5 Å². The lowest BCUT2D eigenvalue weighted by Crippen LogP contribution is -2.43. The molecule has 1 saturated heterocycles. The van der Waals surface area contributed by atoms with Crippen LogP contribution in [0.4, 0.5) is 0 Å². The van der Waals surface area contributed by atoms with Gasteiger partial charge in [-0.3, -0.25) is 9.69 Å². The number of ether oxygens (including phenoxy) is 2. The van der Waals surface area contributed by atoms with Gasteiger partial charge in [0.25, 0.3) is 0 Å². The number of nitrogens with zero attached hydrogens (tertiary/aromatic N) is 3. The van der Waals surface area contributed by atoms with Gasteiger partial charge in [0.2, 0.25) is 5.91 Å². The van der Waals surface area contributed by atoms with Crippen LogP contribution in [0.25, 0.3) is 0 Å². The van der Waals surface area contributed by atoms with Crippen LogP contribution < -0.4 is 4.74 Å². The van der Waals surface area contributed by atoms with Gasteiger partial charge in [-0.05, 0) is 43.0 Å². The van der Waals surface area contributed by atoms with Crippen molar-refractivity contribution >= 4 is 17.2 Å². The normalized spacial score (nSPS) is 14.7. The summed E-state index contributed by atoms with van der Waals surface area (Å²) in [6, 6.07) is 6.13. The number of carbonyl (C=O) groups excluding carboxylic acids is 1. The molecule has 1 aromatic carbocycles. The largest absolute Gasteiger partial charge is 0.486 e. The number of thiazole rings is 1. The summed E-state index contributed by atoms with van der Waals surface area (Å²) in [7, 11) is 0. The lowest BCUT2D eigenvalue weighted by atomic mass is 10.1. The Balaban J connectivity index is 1.57. The second-order valence-corrected chi connectivity index (χ2v) is 9.58. The van der Waals surface area contributed by atoms with Crippen LogP contribution in [-0.4, -0.2) is 60.1 Å². The maximum absolute atomic E-state index is 12.8. The number of aromatic nitrogens is 1. The molecule has 0 spiro atoms. The molecule has 1 amide bonds. The monoisotopic (exact) mass is 445 g/mol. The molecule has 1 aliphatic rings. The summed E-state index contributed by atoms with van der Waals surface area (Å²) >= 11 is 1.59. The van der Waals surface area contributed by atoms with Crippen LogP contribution >= 0.6 is 11.3 Å². The maximum Gasteiger partial charge on any atom is 0.223 e. The van der Waals surface area contributed by atoms with Gasteiger partial charge in [-0.15, -0.1) is 11.3 Å². The first kappa shape index (κ1) is 23.7. The first-order valence-corrected chi connectivity index (χ1v) is 12.0. The Morgan fingerprint density at radius 3 is 2.74 bits per heavy atom. The summed E-state index contributed by atoms with van der Waals surface area (Å²) in [6.07, 6.45) is 0.565. The van der Waals surface area contributed by atoms with Crippen molar-refractivity contribution in [2.24, 2.45) is 5.92 Å². The number of benzene rings is 1. The molecule has 7 heteroatoms. The van der Waals surface area contributed by atoms with E-state index in [-0.39, 0.29) is 5.91 Å². The number of morpholine rings is 1. The molecular weight excluding hydrogens is 410 g/mol. The first-order valence-electron chi connectivity index (χ1n) is 11.1. The maximum atomic E-state index is 12.8. The van der Waals surface area contributed by atoms with E-state index in [4.69, 9.17) is 14.5 Å². The van der Waals surface area contributed by atoms with Crippen molar-refractivity contribution in [1.29, 1.82) is 0 Å². The van der Waals surface area contributed by atoms with Crippen molar-refractivity contribution in [3.63, 3.8) is 0 Å². The second kappa shape index (κ2) is 11.6. The smallest absolute Gasteiger partial charge is 0.223 e. The van der Waals surface area contributed by atoms with Crippen LogP contribution in [-0.2, 0) is 22.7 Å². The van der Waals surface area contributed by atoms with Crippen molar-refractivity contribution in [3.8, 4) is 5.75 Å². The quantitative estimate of drug-likeness (QED) is 0.552. The number of hydrogen-bond donors (Lipinski definition) is 0. The molecular formula is C24H35N3O3S. The third-order valence-electron chi connectivity index (χ3n) is 5.52. The molecule has 2 heterocycles. The third-order valence-corrected chi connectivity index (χ3v) is 6.39. The highest BCUT2D eigenvalue weighted by Crippen LogP contribution is 2.20. The summed E-state index contributed by atoms with van der Waals surface area (Å²) in [5.74, 6) is 1.40. The van der Waals surface area contributed by atoms with E-state index in [9.17, 15) is 4.79 Å². The molecule has 1 aromatic heterocycles. The highest BCUT2D eigenvalue weighted by atomic mass is 32.1. The molecule has 1 fully saturated rings. The molecule has 0 bridgehead atoms. The molecule has 0 saturated carbocycles. The molecule has 3 rings (SSSR count). The molecule has 0 atom stereocenters. The Hall–Kier alpha value is -1.96. The lowest BCUT2D eigenvalue weighted by molar-refractivity contribution is -0.133. The van der Waals surface area contributed by atoms with E-state index < -0.39 is 0 Å². The summed E-state index contributed by atoms with van der Waals surface area (Å²) in [4.78, 5) is 21.9. The van der Waals surface area contributed by atoms with Crippen LogP contribution in [0.3, 0.4) is 0 Å². The van der Waals surface area contributed by atoms with Crippen molar-refractivity contribution < 1.29 is 14.3 Å². The van der Waals surface area contributed by atoms with Crippen LogP contribution in [0, 0.1) is 19.8 Å². The molecule has 6 nitrogen and oxygen atoms in total. The van der Waals surface area contributed by atoms with Gasteiger partial charge in [-0.2, -0.15) is 0 Å². The van der Waals surface area contributed by atoms with Crippen LogP contribution in [0.15, 0.2) is 23.6 Å². The van der Waals surface area contributed by atoms with E-state index in [0.717, 1.165) is 55.8 Å². The zero-order valence-electron chi connectivity index (χ0n) is 19.2. The highest BCUT2D eigenvalue weighted by molar-refractivity contribution is 7.09. The Labute approximate surface area is 190 Å². The fourth-order valence-corrected chi connectivity index (χ4v) is 4.19. The number of rotatable bonds is 10. The number of aryl methyl sites for hydroxylation is 2. The van der Waals surface area contributed by atoms with Gasteiger partial charge in [0.1, 0.15) is 17.4 Å². The summed E-state index contributed by atoms with van der Waals surface area (Å²) in [5, 5.41) is 2.97. The molecule has 170 valence electrons.